The summed E-state index contributed by atoms with van der Waals surface area (Å²) in [6.07, 6.45) is -6.95. The Kier molecular flexibility index (Phi) is 14.1. The van der Waals surface area contributed by atoms with Crippen molar-refractivity contribution >= 4 is 30.2 Å². The monoisotopic (exact) mass is 667 g/mol. The number of benzene rings is 3. The zero-order chi connectivity index (χ0) is 34.5. The molecule has 4 aromatic rings. The number of nitrogens with zero attached hydrogens (tertiary/aromatic N) is 1. The third kappa shape index (κ3) is 11.1. The molecule has 0 aliphatic rings. The van der Waals surface area contributed by atoms with E-state index in [-0.39, 0.29) is 35.8 Å². The van der Waals surface area contributed by atoms with Crippen LogP contribution in [0.4, 0.5) is 32.0 Å². The fourth-order valence-electron chi connectivity index (χ4n) is 4.28. The number of alkyl halides is 6. The van der Waals surface area contributed by atoms with E-state index in [1.807, 2.05) is 32.0 Å². The number of amides is 1. The quantitative estimate of drug-likeness (QED) is 0.0990. The van der Waals surface area contributed by atoms with E-state index in [0.717, 1.165) is 35.7 Å². The largest absolute Gasteiger partial charge is 0.483 e. The highest BCUT2D eigenvalue weighted by molar-refractivity contribution is 6.30. The Morgan fingerprint density at radius 1 is 0.848 bits per heavy atom. The van der Waals surface area contributed by atoms with Gasteiger partial charge in [-0.1, -0.05) is 42.8 Å². The average Bonchev–Trinajstić information content (AvgIpc) is 2.99. The van der Waals surface area contributed by atoms with Crippen LogP contribution in [0, 0.1) is 13.8 Å². The lowest BCUT2D eigenvalue weighted by Gasteiger charge is -2.21. The molecule has 6 nitrogen and oxygen atoms in total. The number of hydrogen-bond acceptors (Lipinski definition) is 4. The maximum Gasteiger partial charge on any atom is 0.416 e. The number of halogens is 7. The van der Waals surface area contributed by atoms with E-state index >= 15 is 0 Å². The van der Waals surface area contributed by atoms with Gasteiger partial charge in [-0.2, -0.15) is 26.3 Å². The van der Waals surface area contributed by atoms with E-state index in [2.05, 4.69) is 15.6 Å². The summed E-state index contributed by atoms with van der Waals surface area (Å²) in [7, 11) is 0. The van der Waals surface area contributed by atoms with Crippen LogP contribution in [-0.4, -0.2) is 29.5 Å². The highest BCUT2D eigenvalue weighted by Gasteiger charge is 2.39. The molecule has 0 atom stereocenters. The molecular weight excluding hydrogens is 636 g/mol. The van der Waals surface area contributed by atoms with Gasteiger partial charge in [-0.15, -0.1) is 0 Å². The Morgan fingerprint density at radius 2 is 1.48 bits per heavy atom. The van der Waals surface area contributed by atoms with E-state index in [0.29, 0.717) is 22.8 Å². The van der Waals surface area contributed by atoms with Gasteiger partial charge in [-0.25, -0.2) is 0 Å². The third-order valence-electron chi connectivity index (χ3n) is 6.43. The van der Waals surface area contributed by atoms with Gasteiger partial charge in [0, 0.05) is 41.3 Å². The molecule has 0 saturated heterocycles. The second-order valence-electron chi connectivity index (χ2n) is 9.80. The van der Waals surface area contributed by atoms with Gasteiger partial charge in [0.1, 0.15) is 0 Å². The second-order valence-corrected chi connectivity index (χ2v) is 10.2. The van der Waals surface area contributed by atoms with Crippen molar-refractivity contribution < 1.29 is 41.0 Å². The van der Waals surface area contributed by atoms with Gasteiger partial charge in [0.2, 0.25) is 6.41 Å². The minimum atomic E-state index is -5.00. The molecule has 3 aromatic carbocycles. The van der Waals surface area contributed by atoms with Crippen LogP contribution in [-0.2, 0) is 28.5 Å². The summed E-state index contributed by atoms with van der Waals surface area (Å²) < 4.78 is 82.7. The number of nitrogens with one attached hydrogen (secondary N) is 2. The van der Waals surface area contributed by atoms with Crippen LogP contribution in [0.2, 0.25) is 5.02 Å². The molecule has 1 heterocycles. The van der Waals surface area contributed by atoms with Gasteiger partial charge in [0.05, 0.1) is 11.1 Å². The molecule has 3 N–H and O–H groups in total. The Balaban J connectivity index is 0.000000723. The summed E-state index contributed by atoms with van der Waals surface area (Å²) in [6, 6.07) is 16.4. The Hall–Kier alpha value is -4.58. The molecule has 0 unspecified atom stereocenters. The van der Waals surface area contributed by atoms with Crippen LogP contribution < -0.4 is 10.6 Å². The van der Waals surface area contributed by atoms with Crippen molar-refractivity contribution in [2.24, 2.45) is 0 Å². The molecule has 4 rings (SSSR count). The van der Waals surface area contributed by atoms with Crippen LogP contribution in [0.1, 0.15) is 41.3 Å². The first kappa shape index (κ1) is 37.6. The highest BCUT2D eigenvalue weighted by Crippen LogP contribution is 2.42. The summed E-state index contributed by atoms with van der Waals surface area (Å²) in [6.45, 7) is 5.74. The smallest absolute Gasteiger partial charge is 0.416 e. The zero-order valence-corrected chi connectivity index (χ0v) is 25.8. The lowest BCUT2D eigenvalue weighted by atomic mass is 9.92. The van der Waals surface area contributed by atoms with Gasteiger partial charge in [0.25, 0.3) is 6.47 Å². The molecular formula is C33H32ClF6N3O3. The van der Waals surface area contributed by atoms with Crippen LogP contribution in [0.3, 0.4) is 0 Å². The molecule has 0 saturated carbocycles. The molecule has 0 aliphatic carbocycles. The maximum absolute atomic E-state index is 14.0. The van der Waals surface area contributed by atoms with Crippen molar-refractivity contribution in [2.45, 2.75) is 46.1 Å². The van der Waals surface area contributed by atoms with Gasteiger partial charge >= 0.3 is 12.4 Å². The number of aromatic nitrogens is 1. The molecule has 0 aliphatic heterocycles. The number of aryl methyl sites for hydroxylation is 2. The lowest BCUT2D eigenvalue weighted by Crippen LogP contribution is -2.17. The summed E-state index contributed by atoms with van der Waals surface area (Å²) in [5.74, 6) is 0. The first-order valence-electron chi connectivity index (χ1n) is 13.8. The average molecular weight is 668 g/mol. The summed E-state index contributed by atoms with van der Waals surface area (Å²) in [5, 5.41) is 13.0. The van der Waals surface area contributed by atoms with Gasteiger partial charge in [-0.05, 0) is 90.6 Å². The predicted molar refractivity (Wildman–Crippen MR) is 166 cm³/mol. The minimum Gasteiger partial charge on any atom is -0.483 e. The predicted octanol–water partition coefficient (Wildman–Crippen LogP) is 9.18. The van der Waals surface area contributed by atoms with Gasteiger partial charge < -0.3 is 15.7 Å². The SMILES string of the molecule is CCCNC=O.Cc1ccc(-c2cc(C(F)(F)F)cc(C(F)(F)F)c2CNc2ccc(-c3ccc(Cl)cc3)c(C)c2)cn1.O=CO. The topological polar surface area (TPSA) is 91.3 Å². The first-order valence-corrected chi connectivity index (χ1v) is 14.1. The molecule has 0 spiro atoms. The van der Waals surface area contributed by atoms with Gasteiger partial charge in [0.15, 0.2) is 0 Å². The standard InChI is InChI=1S/C28H21ClF6N2.C4H9NO.CH2O2/c1-16-11-22(9-10-23(16)18-5-7-21(29)8-6-18)37-15-25-24(19-4-3-17(2)36-14-19)12-20(27(30,31)32)13-26(25)28(33,34)35;1-2-3-5-4-6;2-1-3/h3-14,37H,15H2,1-2H3;4H,2-3H2,1H3,(H,5,6);1H,(H,2,3). The van der Waals surface area contributed by atoms with Crippen molar-refractivity contribution in [3.05, 3.63) is 106 Å². The number of carbonyl (C=O) groups is 2. The Bertz CT molecular complexity index is 1580. The van der Waals surface area contributed by atoms with Crippen molar-refractivity contribution in [3.8, 4) is 22.3 Å². The molecule has 1 amide bonds. The molecule has 1 aromatic heterocycles. The fourth-order valence-corrected chi connectivity index (χ4v) is 4.41. The fraction of sp³-hybridized carbons (Fsp3) is 0.242. The van der Waals surface area contributed by atoms with E-state index in [9.17, 15) is 31.1 Å². The number of carboxylic acid groups (broad SMARTS) is 1. The van der Waals surface area contributed by atoms with Crippen molar-refractivity contribution in [2.75, 3.05) is 11.9 Å². The summed E-state index contributed by atoms with van der Waals surface area (Å²) in [4.78, 5) is 21.9. The number of pyridine rings is 1. The first-order chi connectivity index (χ1) is 21.7. The normalized spacial score (nSPS) is 10.9. The van der Waals surface area contributed by atoms with E-state index in [1.54, 1.807) is 37.3 Å². The lowest BCUT2D eigenvalue weighted by molar-refractivity contribution is -0.143. The van der Waals surface area contributed by atoms with E-state index in [1.165, 1.54) is 12.3 Å². The summed E-state index contributed by atoms with van der Waals surface area (Å²) in [5.41, 5.74) is 0.763. The highest BCUT2D eigenvalue weighted by atomic mass is 35.5. The summed E-state index contributed by atoms with van der Waals surface area (Å²) >= 11 is 5.95. The van der Waals surface area contributed by atoms with Crippen LogP contribution in [0.15, 0.2) is 72.9 Å². The van der Waals surface area contributed by atoms with Gasteiger partial charge in [-0.3, -0.25) is 14.6 Å². The molecule has 46 heavy (non-hydrogen) atoms. The van der Waals surface area contributed by atoms with Crippen molar-refractivity contribution in [3.63, 3.8) is 0 Å². The number of hydrogen-bond donors (Lipinski definition) is 3. The minimum absolute atomic E-state index is 0.160. The van der Waals surface area contributed by atoms with E-state index < -0.39 is 23.5 Å². The Labute approximate surface area is 267 Å². The Morgan fingerprint density at radius 3 is 1.96 bits per heavy atom. The van der Waals surface area contributed by atoms with Crippen molar-refractivity contribution in [1.82, 2.24) is 10.3 Å². The van der Waals surface area contributed by atoms with Crippen LogP contribution in [0.25, 0.3) is 22.3 Å². The zero-order valence-electron chi connectivity index (χ0n) is 25.1. The number of anilines is 1. The maximum atomic E-state index is 14.0. The molecule has 246 valence electrons. The molecule has 0 fully saturated rings. The molecule has 13 heteroatoms. The molecule has 0 bridgehead atoms. The van der Waals surface area contributed by atoms with Crippen molar-refractivity contribution in [1.29, 1.82) is 0 Å². The second kappa shape index (κ2) is 17.2. The number of carbonyl (C=O) groups excluding carboxylic acids is 1. The number of rotatable bonds is 8. The van der Waals surface area contributed by atoms with E-state index in [4.69, 9.17) is 21.5 Å². The van der Waals surface area contributed by atoms with Crippen LogP contribution in [0.5, 0.6) is 0 Å². The molecule has 0 radical (unpaired) electrons. The van der Waals surface area contributed by atoms with Crippen LogP contribution >= 0.6 is 11.6 Å². The third-order valence-corrected chi connectivity index (χ3v) is 6.69.